The van der Waals surface area contributed by atoms with Crippen molar-refractivity contribution in [1.29, 1.82) is 0 Å². The van der Waals surface area contributed by atoms with Crippen LogP contribution in [0.15, 0.2) is 48.8 Å². The van der Waals surface area contributed by atoms with Crippen molar-refractivity contribution in [1.82, 2.24) is 10.3 Å². The molecule has 0 radical (unpaired) electrons. The summed E-state index contributed by atoms with van der Waals surface area (Å²) in [5.74, 6) is 1.45. The molecular weight excluding hydrogens is 284 g/mol. The molecule has 110 valence electrons. The molecule has 0 spiro atoms. The fraction of sp³-hybridized carbons (Fsp3) is 0.235. The van der Waals surface area contributed by atoms with Crippen molar-refractivity contribution in [2.24, 2.45) is 0 Å². The Labute approximate surface area is 130 Å². The van der Waals surface area contributed by atoms with Crippen LogP contribution in [0.1, 0.15) is 18.9 Å². The maximum Gasteiger partial charge on any atom is 0.146 e. The van der Waals surface area contributed by atoms with Crippen molar-refractivity contribution in [3.8, 4) is 11.5 Å². The number of benzene rings is 1. The second-order valence-electron chi connectivity index (χ2n) is 4.84. The molecule has 0 aliphatic carbocycles. The predicted octanol–water partition coefficient (Wildman–Crippen LogP) is 4.54. The first-order chi connectivity index (χ1) is 10.2. The molecule has 0 aliphatic rings. The largest absolute Gasteiger partial charge is 0.456 e. The summed E-state index contributed by atoms with van der Waals surface area (Å²) < 4.78 is 5.76. The van der Waals surface area contributed by atoms with Gasteiger partial charge in [-0.2, -0.15) is 0 Å². The van der Waals surface area contributed by atoms with Crippen molar-refractivity contribution in [3.63, 3.8) is 0 Å². The molecule has 2 aromatic rings. The zero-order valence-corrected chi connectivity index (χ0v) is 13.0. The highest BCUT2D eigenvalue weighted by Gasteiger charge is 1.99. The van der Waals surface area contributed by atoms with Crippen molar-refractivity contribution in [2.75, 3.05) is 7.05 Å². The highest BCUT2D eigenvalue weighted by atomic mass is 35.5. The lowest BCUT2D eigenvalue weighted by atomic mass is 10.2. The third-order valence-electron chi connectivity index (χ3n) is 3.08. The molecule has 3 nitrogen and oxygen atoms in total. The third-order valence-corrected chi connectivity index (χ3v) is 3.33. The zero-order valence-electron chi connectivity index (χ0n) is 12.2. The van der Waals surface area contributed by atoms with Gasteiger partial charge in [0.25, 0.3) is 0 Å². The lowest BCUT2D eigenvalue weighted by Gasteiger charge is -2.06. The number of pyridine rings is 1. The van der Waals surface area contributed by atoms with E-state index < -0.39 is 0 Å². The molecule has 1 heterocycles. The van der Waals surface area contributed by atoms with Crippen LogP contribution < -0.4 is 10.1 Å². The fourth-order valence-corrected chi connectivity index (χ4v) is 1.87. The van der Waals surface area contributed by atoms with E-state index in [1.165, 1.54) is 0 Å². The van der Waals surface area contributed by atoms with Crippen molar-refractivity contribution in [2.45, 2.75) is 19.4 Å². The molecule has 2 rings (SSSR count). The highest BCUT2D eigenvalue weighted by Crippen LogP contribution is 2.23. The molecule has 0 bridgehead atoms. The second-order valence-corrected chi connectivity index (χ2v) is 5.27. The summed E-state index contributed by atoms with van der Waals surface area (Å²) in [6.45, 7) is 2.14. The van der Waals surface area contributed by atoms with Crippen molar-refractivity contribution >= 4 is 17.7 Å². The Morgan fingerprint density at radius 1 is 1.24 bits per heavy atom. The second kappa shape index (κ2) is 7.81. The molecule has 1 N–H and O–H groups in total. The number of hydrogen-bond acceptors (Lipinski definition) is 3. The number of hydrogen-bond donors (Lipinski definition) is 1. The van der Waals surface area contributed by atoms with Crippen LogP contribution >= 0.6 is 11.6 Å². The van der Waals surface area contributed by atoms with Crippen LogP contribution in [-0.2, 0) is 0 Å². The lowest BCUT2D eigenvalue weighted by Crippen LogP contribution is -2.19. The van der Waals surface area contributed by atoms with E-state index in [9.17, 15) is 0 Å². The van der Waals surface area contributed by atoms with E-state index in [-0.39, 0.29) is 0 Å². The Balaban J connectivity index is 2.02. The molecule has 0 fully saturated rings. The maximum absolute atomic E-state index is 5.85. The van der Waals surface area contributed by atoms with Crippen molar-refractivity contribution < 1.29 is 4.74 Å². The Morgan fingerprint density at radius 2 is 2.00 bits per heavy atom. The van der Waals surface area contributed by atoms with Crippen LogP contribution in [0.2, 0.25) is 5.02 Å². The molecule has 1 aromatic carbocycles. The lowest BCUT2D eigenvalue weighted by molar-refractivity contribution is 0.480. The summed E-state index contributed by atoms with van der Waals surface area (Å²) >= 11 is 5.85. The van der Waals surface area contributed by atoms with Gasteiger partial charge in [-0.3, -0.25) is 4.98 Å². The minimum absolute atomic E-state index is 0.461. The minimum atomic E-state index is 0.461. The molecule has 0 aliphatic heterocycles. The van der Waals surface area contributed by atoms with E-state index in [0.717, 1.165) is 17.7 Å². The highest BCUT2D eigenvalue weighted by molar-refractivity contribution is 6.30. The normalized spacial score (nSPS) is 12.5. The van der Waals surface area contributed by atoms with Crippen LogP contribution in [0.5, 0.6) is 11.5 Å². The summed E-state index contributed by atoms with van der Waals surface area (Å²) in [7, 11) is 1.96. The average molecular weight is 303 g/mol. The van der Waals surface area contributed by atoms with Gasteiger partial charge in [0.05, 0.1) is 6.20 Å². The molecular formula is C17H19ClN2O. The summed E-state index contributed by atoms with van der Waals surface area (Å²) in [6.07, 6.45) is 8.66. The van der Waals surface area contributed by atoms with Gasteiger partial charge in [-0.15, -0.1) is 0 Å². The fourth-order valence-electron chi connectivity index (χ4n) is 1.75. The topological polar surface area (TPSA) is 34.2 Å². The third kappa shape index (κ3) is 5.21. The molecule has 0 unspecified atom stereocenters. The Kier molecular flexibility index (Phi) is 5.78. The van der Waals surface area contributed by atoms with Gasteiger partial charge in [0.2, 0.25) is 0 Å². The molecule has 0 saturated carbocycles. The number of ether oxygens (including phenoxy) is 1. The van der Waals surface area contributed by atoms with E-state index in [2.05, 4.69) is 29.4 Å². The molecule has 4 heteroatoms. The van der Waals surface area contributed by atoms with Gasteiger partial charge < -0.3 is 10.1 Å². The monoisotopic (exact) mass is 302 g/mol. The van der Waals surface area contributed by atoms with E-state index in [1.807, 2.05) is 31.4 Å². The van der Waals surface area contributed by atoms with Crippen LogP contribution in [0.4, 0.5) is 0 Å². The first-order valence-corrected chi connectivity index (χ1v) is 7.27. The van der Waals surface area contributed by atoms with Gasteiger partial charge in [-0.05, 0) is 56.3 Å². The quantitative estimate of drug-likeness (QED) is 0.850. The van der Waals surface area contributed by atoms with Crippen LogP contribution in [-0.4, -0.2) is 18.1 Å². The van der Waals surface area contributed by atoms with Gasteiger partial charge >= 0.3 is 0 Å². The van der Waals surface area contributed by atoms with E-state index in [0.29, 0.717) is 16.8 Å². The standard InChI is InChI=1S/C17H19ClN2O/c1-13(19-2)4-3-5-14-10-17(12-20-11-14)21-16-8-6-15(18)7-9-16/h3,5-13,19H,4H2,1-2H3/t13-/m0/s1. The van der Waals surface area contributed by atoms with Crippen LogP contribution in [0.25, 0.3) is 6.08 Å². The van der Waals surface area contributed by atoms with Gasteiger partial charge in [-0.1, -0.05) is 23.8 Å². The smallest absolute Gasteiger partial charge is 0.146 e. The molecule has 21 heavy (non-hydrogen) atoms. The van der Waals surface area contributed by atoms with E-state index >= 15 is 0 Å². The summed E-state index contributed by atoms with van der Waals surface area (Å²) in [5, 5.41) is 3.89. The summed E-state index contributed by atoms with van der Waals surface area (Å²) in [4.78, 5) is 4.20. The average Bonchev–Trinajstić information content (AvgIpc) is 2.50. The van der Waals surface area contributed by atoms with Gasteiger partial charge in [0, 0.05) is 17.3 Å². The van der Waals surface area contributed by atoms with Crippen molar-refractivity contribution in [3.05, 3.63) is 59.4 Å². The summed E-state index contributed by atoms with van der Waals surface area (Å²) in [6, 6.07) is 9.68. The Hall–Kier alpha value is -1.84. The van der Waals surface area contributed by atoms with Crippen LogP contribution in [0.3, 0.4) is 0 Å². The number of rotatable bonds is 6. The number of nitrogens with zero attached hydrogens (tertiary/aromatic N) is 1. The maximum atomic E-state index is 5.85. The minimum Gasteiger partial charge on any atom is -0.456 e. The molecule has 0 saturated heterocycles. The van der Waals surface area contributed by atoms with Gasteiger partial charge in [-0.25, -0.2) is 0 Å². The molecule has 1 aromatic heterocycles. The number of halogens is 1. The predicted molar refractivity (Wildman–Crippen MR) is 87.9 cm³/mol. The van der Waals surface area contributed by atoms with Crippen LogP contribution in [0, 0.1) is 0 Å². The molecule has 0 amide bonds. The number of aromatic nitrogens is 1. The Bertz CT molecular complexity index is 596. The van der Waals surface area contributed by atoms with E-state index in [1.54, 1.807) is 18.3 Å². The van der Waals surface area contributed by atoms with Gasteiger partial charge in [0.15, 0.2) is 0 Å². The Morgan fingerprint density at radius 3 is 2.71 bits per heavy atom. The first kappa shape index (κ1) is 15.5. The number of nitrogens with one attached hydrogen (secondary N) is 1. The first-order valence-electron chi connectivity index (χ1n) is 6.89. The van der Waals surface area contributed by atoms with Gasteiger partial charge in [0.1, 0.15) is 11.5 Å². The van der Waals surface area contributed by atoms with E-state index in [4.69, 9.17) is 16.3 Å². The SMILES string of the molecule is CN[C@@H](C)CC=Cc1cncc(Oc2ccc(Cl)cc2)c1. The molecule has 1 atom stereocenters. The summed E-state index contributed by atoms with van der Waals surface area (Å²) in [5.41, 5.74) is 1.02. The zero-order chi connectivity index (χ0) is 15.1.